The van der Waals surface area contributed by atoms with Crippen LogP contribution in [0.1, 0.15) is 0 Å². The lowest BCUT2D eigenvalue weighted by Crippen LogP contribution is -2.14. The predicted molar refractivity (Wildman–Crippen MR) is 103 cm³/mol. The van der Waals surface area contributed by atoms with Crippen molar-refractivity contribution in [3.63, 3.8) is 0 Å². The molecule has 2 rings (SSSR count). The lowest BCUT2D eigenvalue weighted by atomic mass is 10.2. The number of rotatable bonds is 9. The van der Waals surface area contributed by atoms with Gasteiger partial charge in [0.2, 0.25) is 11.0 Å². The van der Waals surface area contributed by atoms with Crippen LogP contribution in [0.3, 0.4) is 0 Å². The average Bonchev–Trinajstić information content (AvgIpc) is 3.07. The number of hydrogen-bond donors (Lipinski definition) is 2. The van der Waals surface area contributed by atoms with Gasteiger partial charge in [0, 0.05) is 18.7 Å². The van der Waals surface area contributed by atoms with Crippen LogP contribution in [-0.2, 0) is 4.79 Å². The van der Waals surface area contributed by atoms with Crippen LogP contribution in [0.2, 0.25) is 5.02 Å². The first-order chi connectivity index (χ1) is 12.1. The van der Waals surface area contributed by atoms with Crippen molar-refractivity contribution in [3.05, 3.63) is 29.8 Å². The third-order valence-corrected chi connectivity index (χ3v) is 5.19. The van der Waals surface area contributed by atoms with Gasteiger partial charge in [-0.15, -0.1) is 16.8 Å². The molecule has 0 spiro atoms. The van der Waals surface area contributed by atoms with E-state index in [1.807, 2.05) is 0 Å². The highest BCUT2D eigenvalue weighted by atomic mass is 35.5. The van der Waals surface area contributed by atoms with Crippen molar-refractivity contribution in [2.24, 2.45) is 0 Å². The summed E-state index contributed by atoms with van der Waals surface area (Å²) < 4.78 is 11.1. The van der Waals surface area contributed by atoms with E-state index in [4.69, 9.17) is 21.1 Å². The predicted octanol–water partition coefficient (Wildman–Crippen LogP) is 3.54. The summed E-state index contributed by atoms with van der Waals surface area (Å²) >= 11 is 8.72. The van der Waals surface area contributed by atoms with E-state index in [0.29, 0.717) is 38.2 Å². The van der Waals surface area contributed by atoms with E-state index in [1.54, 1.807) is 18.2 Å². The molecular weight excluding hydrogens is 384 g/mol. The molecule has 7 nitrogen and oxygen atoms in total. The van der Waals surface area contributed by atoms with Crippen molar-refractivity contribution in [2.75, 3.05) is 37.2 Å². The van der Waals surface area contributed by atoms with Crippen molar-refractivity contribution in [2.45, 2.75) is 4.34 Å². The second-order valence-electron chi connectivity index (χ2n) is 4.57. The molecule has 134 valence electrons. The average molecular weight is 401 g/mol. The fourth-order valence-corrected chi connectivity index (χ4v) is 3.56. The number of nitrogens with one attached hydrogen (secondary N) is 2. The standard InChI is InChI=1S/C15H17ClN4O3S2/c1-4-5-17-14-19-20-15(25-14)24-8-13(21)18-10-7-11(22-2)9(16)6-12(10)23-3/h4,6-7H,1,5,8H2,2-3H3,(H,17,19)(H,18,21). The highest BCUT2D eigenvalue weighted by Gasteiger charge is 2.14. The molecule has 0 aliphatic carbocycles. The van der Waals surface area contributed by atoms with Crippen molar-refractivity contribution in [3.8, 4) is 11.5 Å². The molecule has 0 fully saturated rings. The molecule has 0 saturated carbocycles. The minimum Gasteiger partial charge on any atom is -0.495 e. The quantitative estimate of drug-likeness (QED) is 0.491. The Bertz CT molecular complexity index is 754. The summed E-state index contributed by atoms with van der Waals surface area (Å²) in [5, 5.41) is 14.9. The Morgan fingerprint density at radius 2 is 2.12 bits per heavy atom. The summed E-state index contributed by atoms with van der Waals surface area (Å²) in [5.41, 5.74) is 0.486. The molecule has 1 aromatic carbocycles. The molecule has 1 heterocycles. The zero-order chi connectivity index (χ0) is 18.2. The summed E-state index contributed by atoms with van der Waals surface area (Å²) in [6.07, 6.45) is 1.73. The molecule has 2 aromatic rings. The third-order valence-electron chi connectivity index (χ3n) is 2.88. The summed E-state index contributed by atoms with van der Waals surface area (Å²) in [4.78, 5) is 12.2. The molecule has 1 amide bonds. The van der Waals surface area contributed by atoms with Crippen molar-refractivity contribution >= 4 is 51.4 Å². The Labute approximate surface area is 158 Å². The number of anilines is 2. The summed E-state index contributed by atoms with van der Waals surface area (Å²) in [5.74, 6) is 0.886. The number of ether oxygens (including phenoxy) is 2. The van der Waals surface area contributed by atoms with Crippen LogP contribution in [0.4, 0.5) is 10.8 Å². The molecule has 0 atom stereocenters. The van der Waals surface area contributed by atoms with Gasteiger partial charge >= 0.3 is 0 Å². The number of nitrogens with zero attached hydrogens (tertiary/aromatic N) is 2. The Balaban J connectivity index is 1.96. The minimum absolute atomic E-state index is 0.185. The van der Waals surface area contributed by atoms with Crippen LogP contribution in [0.25, 0.3) is 0 Å². The fourth-order valence-electron chi connectivity index (χ4n) is 1.77. The van der Waals surface area contributed by atoms with Gasteiger partial charge in [-0.3, -0.25) is 4.79 Å². The van der Waals surface area contributed by atoms with E-state index in [0.717, 1.165) is 0 Å². The topological polar surface area (TPSA) is 85.4 Å². The number of aromatic nitrogens is 2. The van der Waals surface area contributed by atoms with E-state index >= 15 is 0 Å². The summed E-state index contributed by atoms with van der Waals surface area (Å²) in [7, 11) is 3.00. The number of thioether (sulfide) groups is 1. The summed E-state index contributed by atoms with van der Waals surface area (Å²) in [6.45, 7) is 4.23. The maximum Gasteiger partial charge on any atom is 0.234 e. The second kappa shape index (κ2) is 9.50. The Morgan fingerprint density at radius 1 is 1.36 bits per heavy atom. The number of methoxy groups -OCH3 is 2. The Kier molecular flexibility index (Phi) is 7.35. The van der Waals surface area contributed by atoms with Gasteiger partial charge in [-0.05, 0) is 0 Å². The third kappa shape index (κ3) is 5.52. The first-order valence-electron chi connectivity index (χ1n) is 7.09. The van der Waals surface area contributed by atoms with Gasteiger partial charge in [0.25, 0.3) is 0 Å². The largest absolute Gasteiger partial charge is 0.495 e. The molecule has 10 heteroatoms. The van der Waals surface area contributed by atoms with E-state index in [-0.39, 0.29) is 11.7 Å². The lowest BCUT2D eigenvalue weighted by Gasteiger charge is -2.12. The number of hydrogen-bond acceptors (Lipinski definition) is 8. The van der Waals surface area contributed by atoms with Crippen molar-refractivity contribution in [1.82, 2.24) is 10.2 Å². The number of benzene rings is 1. The highest BCUT2D eigenvalue weighted by Crippen LogP contribution is 2.36. The molecule has 0 bridgehead atoms. The maximum atomic E-state index is 12.2. The number of halogens is 1. The van der Waals surface area contributed by atoms with Crippen LogP contribution in [0.5, 0.6) is 11.5 Å². The molecule has 0 unspecified atom stereocenters. The highest BCUT2D eigenvalue weighted by molar-refractivity contribution is 8.01. The normalized spacial score (nSPS) is 10.2. The Morgan fingerprint density at radius 3 is 2.80 bits per heavy atom. The van der Waals surface area contributed by atoms with Gasteiger partial charge in [0.05, 0.1) is 30.7 Å². The Hall–Kier alpha value is -1.97. The SMILES string of the molecule is C=CCNc1nnc(SCC(=O)Nc2cc(OC)c(Cl)cc2OC)s1. The maximum absolute atomic E-state index is 12.2. The van der Waals surface area contributed by atoms with Crippen LogP contribution in [0, 0.1) is 0 Å². The monoisotopic (exact) mass is 400 g/mol. The second-order valence-corrected chi connectivity index (χ2v) is 7.17. The smallest absolute Gasteiger partial charge is 0.234 e. The van der Waals surface area contributed by atoms with Gasteiger partial charge in [-0.25, -0.2) is 0 Å². The molecule has 0 radical (unpaired) electrons. The van der Waals surface area contributed by atoms with Gasteiger partial charge in [0.15, 0.2) is 4.34 Å². The number of carbonyl (C=O) groups excluding carboxylic acids is 1. The van der Waals surface area contributed by atoms with Crippen molar-refractivity contribution < 1.29 is 14.3 Å². The van der Waals surface area contributed by atoms with Gasteiger partial charge in [-0.2, -0.15) is 0 Å². The van der Waals surface area contributed by atoms with Gasteiger partial charge in [-0.1, -0.05) is 40.8 Å². The number of amides is 1. The zero-order valence-electron chi connectivity index (χ0n) is 13.7. The first-order valence-corrected chi connectivity index (χ1v) is 9.27. The van der Waals surface area contributed by atoms with E-state index in [9.17, 15) is 4.79 Å². The van der Waals surface area contributed by atoms with Crippen LogP contribution < -0.4 is 20.1 Å². The summed E-state index contributed by atoms with van der Waals surface area (Å²) in [6, 6.07) is 3.21. The molecule has 0 saturated heterocycles. The van der Waals surface area contributed by atoms with Crippen LogP contribution >= 0.6 is 34.7 Å². The molecular formula is C15H17ClN4O3S2. The molecule has 0 aliphatic heterocycles. The van der Waals surface area contributed by atoms with E-state index < -0.39 is 0 Å². The van der Waals surface area contributed by atoms with Crippen LogP contribution in [-0.4, -0.2) is 42.6 Å². The molecule has 2 N–H and O–H groups in total. The minimum atomic E-state index is -0.205. The van der Waals surface area contributed by atoms with Crippen molar-refractivity contribution in [1.29, 1.82) is 0 Å². The van der Waals surface area contributed by atoms with E-state index in [1.165, 1.54) is 37.3 Å². The fraction of sp³-hybridized carbons (Fsp3) is 0.267. The van der Waals surface area contributed by atoms with E-state index in [2.05, 4.69) is 27.4 Å². The number of carbonyl (C=O) groups is 1. The van der Waals surface area contributed by atoms with Gasteiger partial charge in [0.1, 0.15) is 11.5 Å². The molecule has 0 aliphatic rings. The van der Waals surface area contributed by atoms with Crippen LogP contribution in [0.15, 0.2) is 29.1 Å². The molecule has 1 aromatic heterocycles. The van der Waals surface area contributed by atoms with Gasteiger partial charge < -0.3 is 20.1 Å². The first kappa shape index (κ1) is 19.4. The zero-order valence-corrected chi connectivity index (χ0v) is 16.1. The molecule has 25 heavy (non-hydrogen) atoms. The lowest BCUT2D eigenvalue weighted by molar-refractivity contribution is -0.113.